The van der Waals surface area contributed by atoms with Crippen LogP contribution in [0.3, 0.4) is 0 Å². The maximum atomic E-state index is 13.3. The van der Waals surface area contributed by atoms with Gasteiger partial charge in [-0.3, -0.25) is 14.3 Å². The molecule has 0 aliphatic carbocycles. The van der Waals surface area contributed by atoms with E-state index in [-0.39, 0.29) is 5.82 Å². The molecule has 2 rings (SSSR count). The first kappa shape index (κ1) is 12.1. The summed E-state index contributed by atoms with van der Waals surface area (Å²) in [5.74, 6) is -0.341. The highest BCUT2D eigenvalue weighted by Gasteiger charge is 2.00. The van der Waals surface area contributed by atoms with E-state index < -0.39 is 11.2 Å². The van der Waals surface area contributed by atoms with Gasteiger partial charge in [0.25, 0.3) is 5.56 Å². The smallest absolute Gasteiger partial charge is 0.328 e. The van der Waals surface area contributed by atoms with Crippen LogP contribution in [-0.2, 0) is 6.54 Å². The quantitative estimate of drug-likeness (QED) is 0.841. The van der Waals surface area contributed by atoms with E-state index in [2.05, 4.69) is 10.3 Å². The van der Waals surface area contributed by atoms with Crippen molar-refractivity contribution < 1.29 is 4.39 Å². The average Bonchev–Trinajstić information content (AvgIpc) is 2.34. The van der Waals surface area contributed by atoms with Gasteiger partial charge in [0, 0.05) is 25.4 Å². The molecule has 0 spiro atoms. The third-order valence-electron chi connectivity index (χ3n) is 2.44. The number of hydrogen-bond acceptors (Lipinski definition) is 3. The van der Waals surface area contributed by atoms with Gasteiger partial charge in [-0.15, -0.1) is 0 Å². The summed E-state index contributed by atoms with van der Waals surface area (Å²) in [6.45, 7) is 0.719. The lowest BCUT2D eigenvalue weighted by molar-refractivity contribution is 0.625. The molecular formula is C12H12FN3O2. The summed E-state index contributed by atoms with van der Waals surface area (Å²) in [6.07, 6.45) is 1.41. The number of rotatable bonds is 4. The first-order valence-corrected chi connectivity index (χ1v) is 5.45. The number of H-pyrrole nitrogens is 1. The summed E-state index contributed by atoms with van der Waals surface area (Å²) in [5.41, 5.74) is -0.522. The fourth-order valence-corrected chi connectivity index (χ4v) is 1.54. The normalized spacial score (nSPS) is 10.3. The van der Waals surface area contributed by atoms with Gasteiger partial charge >= 0.3 is 5.69 Å². The van der Waals surface area contributed by atoms with Gasteiger partial charge in [0.2, 0.25) is 0 Å². The zero-order valence-electron chi connectivity index (χ0n) is 9.52. The van der Waals surface area contributed by atoms with Gasteiger partial charge in [0.05, 0.1) is 5.69 Å². The molecule has 6 heteroatoms. The SMILES string of the molecule is O=c1ccn(CCNc2ccccc2F)c(=O)[nH]1. The van der Waals surface area contributed by atoms with Crippen molar-refractivity contribution in [3.05, 3.63) is 63.2 Å². The number of anilines is 1. The largest absolute Gasteiger partial charge is 0.381 e. The van der Waals surface area contributed by atoms with E-state index in [1.165, 1.54) is 22.9 Å². The molecule has 5 nitrogen and oxygen atoms in total. The maximum absolute atomic E-state index is 13.3. The number of nitrogens with one attached hydrogen (secondary N) is 2. The average molecular weight is 249 g/mol. The van der Waals surface area contributed by atoms with Crippen LogP contribution in [0.2, 0.25) is 0 Å². The molecule has 1 aromatic carbocycles. The zero-order valence-corrected chi connectivity index (χ0v) is 9.52. The van der Waals surface area contributed by atoms with Crippen molar-refractivity contribution >= 4 is 5.69 Å². The predicted octanol–water partition coefficient (Wildman–Crippen LogP) is 0.788. The summed E-state index contributed by atoms with van der Waals surface area (Å²) in [4.78, 5) is 24.4. The zero-order chi connectivity index (χ0) is 13.0. The fourth-order valence-electron chi connectivity index (χ4n) is 1.54. The number of nitrogens with zero attached hydrogens (tertiary/aromatic N) is 1. The Kier molecular flexibility index (Phi) is 3.57. The molecule has 0 amide bonds. The van der Waals surface area contributed by atoms with Gasteiger partial charge < -0.3 is 5.32 Å². The first-order valence-electron chi connectivity index (χ1n) is 5.45. The van der Waals surface area contributed by atoms with Crippen LogP contribution in [0.5, 0.6) is 0 Å². The van der Waals surface area contributed by atoms with Crippen molar-refractivity contribution in [2.45, 2.75) is 6.54 Å². The van der Waals surface area contributed by atoms with Crippen LogP contribution in [0, 0.1) is 5.82 Å². The lowest BCUT2D eigenvalue weighted by Gasteiger charge is -2.08. The van der Waals surface area contributed by atoms with Gasteiger partial charge in [0.1, 0.15) is 5.82 Å². The van der Waals surface area contributed by atoms with Crippen LogP contribution in [-0.4, -0.2) is 16.1 Å². The number of benzene rings is 1. The number of aromatic amines is 1. The number of halogens is 1. The Morgan fingerprint density at radius 1 is 1.22 bits per heavy atom. The Balaban J connectivity index is 1.99. The highest BCUT2D eigenvalue weighted by atomic mass is 19.1. The van der Waals surface area contributed by atoms with Crippen molar-refractivity contribution in [1.29, 1.82) is 0 Å². The van der Waals surface area contributed by atoms with Gasteiger partial charge in [-0.1, -0.05) is 12.1 Å². The minimum Gasteiger partial charge on any atom is -0.381 e. The minimum atomic E-state index is -0.474. The molecule has 1 aromatic heterocycles. The predicted molar refractivity (Wildman–Crippen MR) is 66.2 cm³/mol. The topological polar surface area (TPSA) is 66.9 Å². The fraction of sp³-hybridized carbons (Fsp3) is 0.167. The van der Waals surface area contributed by atoms with Crippen LogP contribution in [0.25, 0.3) is 0 Å². The lowest BCUT2D eigenvalue weighted by Crippen LogP contribution is -2.30. The minimum absolute atomic E-state index is 0.337. The monoisotopic (exact) mass is 249 g/mol. The van der Waals surface area contributed by atoms with Crippen molar-refractivity contribution in [2.24, 2.45) is 0 Å². The number of hydrogen-bond donors (Lipinski definition) is 2. The molecule has 0 radical (unpaired) electrons. The van der Waals surface area contributed by atoms with Crippen molar-refractivity contribution in [3.63, 3.8) is 0 Å². The molecule has 0 saturated carbocycles. The van der Waals surface area contributed by atoms with Crippen molar-refractivity contribution in [1.82, 2.24) is 9.55 Å². The van der Waals surface area contributed by atoms with E-state index >= 15 is 0 Å². The summed E-state index contributed by atoms with van der Waals surface area (Å²) >= 11 is 0. The van der Waals surface area contributed by atoms with E-state index in [1.807, 2.05) is 0 Å². The van der Waals surface area contributed by atoms with E-state index in [4.69, 9.17) is 0 Å². The van der Waals surface area contributed by atoms with Crippen LogP contribution in [0.1, 0.15) is 0 Å². The Morgan fingerprint density at radius 2 is 2.00 bits per heavy atom. The molecule has 0 saturated heterocycles. The Hall–Kier alpha value is -2.37. The molecule has 0 aliphatic rings. The van der Waals surface area contributed by atoms with Crippen LogP contribution < -0.4 is 16.6 Å². The van der Waals surface area contributed by atoms with Gasteiger partial charge in [-0.2, -0.15) is 0 Å². The summed E-state index contributed by atoms with van der Waals surface area (Å²) in [6, 6.07) is 7.56. The molecule has 1 heterocycles. The van der Waals surface area contributed by atoms with Gasteiger partial charge in [0.15, 0.2) is 0 Å². The maximum Gasteiger partial charge on any atom is 0.328 e. The molecule has 0 aliphatic heterocycles. The third-order valence-corrected chi connectivity index (χ3v) is 2.44. The summed E-state index contributed by atoms with van der Waals surface area (Å²) in [5, 5.41) is 2.88. The lowest BCUT2D eigenvalue weighted by atomic mass is 10.3. The molecule has 0 bridgehead atoms. The summed E-state index contributed by atoms with van der Waals surface area (Å²) in [7, 11) is 0. The Morgan fingerprint density at radius 3 is 2.72 bits per heavy atom. The van der Waals surface area contributed by atoms with Crippen molar-refractivity contribution in [3.8, 4) is 0 Å². The molecular weight excluding hydrogens is 237 g/mol. The standard InChI is InChI=1S/C12H12FN3O2/c13-9-3-1-2-4-10(9)14-6-8-16-7-5-11(17)15-12(16)18/h1-5,7,14H,6,8H2,(H,15,17,18). The summed E-state index contributed by atoms with van der Waals surface area (Å²) < 4.78 is 14.6. The molecule has 0 unspecified atom stereocenters. The molecule has 18 heavy (non-hydrogen) atoms. The van der Waals surface area contributed by atoms with Crippen LogP contribution in [0.15, 0.2) is 46.1 Å². The Bertz CT molecular complexity index is 648. The third kappa shape index (κ3) is 2.85. The van der Waals surface area contributed by atoms with E-state index in [0.717, 1.165) is 0 Å². The molecule has 0 fully saturated rings. The van der Waals surface area contributed by atoms with Crippen molar-refractivity contribution in [2.75, 3.05) is 11.9 Å². The highest BCUT2D eigenvalue weighted by molar-refractivity contribution is 5.44. The van der Waals surface area contributed by atoms with Gasteiger partial charge in [-0.05, 0) is 12.1 Å². The molecule has 94 valence electrons. The number of aromatic nitrogens is 2. The van der Waals surface area contributed by atoms with Crippen LogP contribution >= 0.6 is 0 Å². The molecule has 0 atom stereocenters. The van der Waals surface area contributed by atoms with E-state index in [1.54, 1.807) is 18.2 Å². The molecule has 2 aromatic rings. The van der Waals surface area contributed by atoms with E-state index in [9.17, 15) is 14.0 Å². The van der Waals surface area contributed by atoms with Crippen LogP contribution in [0.4, 0.5) is 10.1 Å². The number of para-hydroxylation sites is 1. The van der Waals surface area contributed by atoms with Gasteiger partial charge in [-0.25, -0.2) is 9.18 Å². The first-order chi connectivity index (χ1) is 8.66. The Labute approximate surface area is 102 Å². The highest BCUT2D eigenvalue weighted by Crippen LogP contribution is 2.11. The second-order valence-corrected chi connectivity index (χ2v) is 3.71. The second-order valence-electron chi connectivity index (χ2n) is 3.71. The van der Waals surface area contributed by atoms with E-state index in [0.29, 0.717) is 18.8 Å². The molecule has 2 N–H and O–H groups in total. The second kappa shape index (κ2) is 5.31.